The van der Waals surface area contributed by atoms with E-state index in [1.54, 1.807) is 18.2 Å². The maximum Gasteiger partial charge on any atom is 0.338 e. The SMILES string of the molecule is O=C(OCc1cc(-c2ccc(Cl)cc2)no1)c1ccc(O)cc1. The average molecular weight is 330 g/mol. The molecule has 0 bridgehead atoms. The molecule has 0 amide bonds. The van der Waals surface area contributed by atoms with Gasteiger partial charge in [-0.15, -0.1) is 0 Å². The predicted octanol–water partition coefficient (Wildman–Crippen LogP) is 4.06. The van der Waals surface area contributed by atoms with E-state index in [4.69, 9.17) is 20.9 Å². The van der Waals surface area contributed by atoms with Crippen LogP contribution in [0.1, 0.15) is 16.1 Å². The molecule has 1 heterocycles. The van der Waals surface area contributed by atoms with Gasteiger partial charge in [0.1, 0.15) is 11.4 Å². The van der Waals surface area contributed by atoms with Crippen LogP contribution in [0.25, 0.3) is 11.3 Å². The van der Waals surface area contributed by atoms with Crippen molar-refractivity contribution in [2.75, 3.05) is 0 Å². The van der Waals surface area contributed by atoms with Gasteiger partial charge in [0.15, 0.2) is 12.4 Å². The number of benzene rings is 2. The van der Waals surface area contributed by atoms with Crippen LogP contribution in [0.4, 0.5) is 0 Å². The highest BCUT2D eigenvalue weighted by atomic mass is 35.5. The van der Waals surface area contributed by atoms with Crippen LogP contribution in [0.3, 0.4) is 0 Å². The summed E-state index contributed by atoms with van der Waals surface area (Å²) in [6, 6.07) is 14.7. The summed E-state index contributed by atoms with van der Waals surface area (Å²) in [5, 5.41) is 13.8. The molecular formula is C17H12ClNO4. The Morgan fingerprint density at radius 2 is 1.83 bits per heavy atom. The van der Waals surface area contributed by atoms with Crippen LogP contribution in [0, 0.1) is 0 Å². The minimum atomic E-state index is -0.505. The fourth-order valence-electron chi connectivity index (χ4n) is 1.96. The van der Waals surface area contributed by atoms with Crippen molar-refractivity contribution in [3.63, 3.8) is 0 Å². The van der Waals surface area contributed by atoms with Gasteiger partial charge in [-0.3, -0.25) is 0 Å². The van der Waals surface area contributed by atoms with Crippen LogP contribution in [-0.4, -0.2) is 16.2 Å². The molecule has 0 saturated carbocycles. The zero-order valence-corrected chi connectivity index (χ0v) is 12.7. The first-order chi connectivity index (χ1) is 11.1. The number of aromatic hydroxyl groups is 1. The van der Waals surface area contributed by atoms with E-state index in [0.717, 1.165) is 5.56 Å². The number of esters is 1. The second-order valence-corrected chi connectivity index (χ2v) is 5.24. The predicted molar refractivity (Wildman–Crippen MR) is 84.2 cm³/mol. The fourth-order valence-corrected chi connectivity index (χ4v) is 2.08. The summed E-state index contributed by atoms with van der Waals surface area (Å²) in [6.45, 7) is -0.0275. The lowest BCUT2D eigenvalue weighted by Crippen LogP contribution is -2.04. The number of carbonyl (C=O) groups is 1. The van der Waals surface area contributed by atoms with E-state index in [9.17, 15) is 9.90 Å². The topological polar surface area (TPSA) is 72.6 Å². The Morgan fingerprint density at radius 1 is 1.13 bits per heavy atom. The third-order valence-electron chi connectivity index (χ3n) is 3.15. The van der Waals surface area contributed by atoms with Gasteiger partial charge in [-0.1, -0.05) is 28.9 Å². The van der Waals surface area contributed by atoms with Crippen LogP contribution in [0.5, 0.6) is 5.75 Å². The van der Waals surface area contributed by atoms with Crippen LogP contribution in [0.15, 0.2) is 59.1 Å². The van der Waals surface area contributed by atoms with Crippen molar-refractivity contribution < 1.29 is 19.2 Å². The fraction of sp³-hybridized carbons (Fsp3) is 0.0588. The Hall–Kier alpha value is -2.79. The highest BCUT2D eigenvalue weighted by molar-refractivity contribution is 6.30. The van der Waals surface area contributed by atoms with E-state index in [-0.39, 0.29) is 12.4 Å². The van der Waals surface area contributed by atoms with Crippen molar-refractivity contribution in [1.29, 1.82) is 0 Å². The molecule has 5 nitrogen and oxygen atoms in total. The summed E-state index contributed by atoms with van der Waals surface area (Å²) in [7, 11) is 0. The lowest BCUT2D eigenvalue weighted by molar-refractivity contribution is 0.0437. The summed E-state index contributed by atoms with van der Waals surface area (Å²) >= 11 is 5.84. The normalized spacial score (nSPS) is 10.5. The summed E-state index contributed by atoms with van der Waals surface area (Å²) in [6.07, 6.45) is 0. The van der Waals surface area contributed by atoms with E-state index in [1.165, 1.54) is 24.3 Å². The van der Waals surface area contributed by atoms with Crippen LogP contribution < -0.4 is 0 Å². The maximum atomic E-state index is 11.9. The zero-order chi connectivity index (χ0) is 16.2. The van der Waals surface area contributed by atoms with Gasteiger partial charge < -0.3 is 14.4 Å². The zero-order valence-electron chi connectivity index (χ0n) is 11.9. The van der Waals surface area contributed by atoms with Gasteiger partial charge in [0.05, 0.1) is 5.56 Å². The van der Waals surface area contributed by atoms with Crippen LogP contribution >= 0.6 is 11.6 Å². The molecule has 0 aliphatic heterocycles. The molecular weight excluding hydrogens is 318 g/mol. The van der Waals surface area contributed by atoms with Crippen molar-refractivity contribution in [3.8, 4) is 17.0 Å². The Kier molecular flexibility index (Phi) is 4.30. The van der Waals surface area contributed by atoms with Crippen molar-refractivity contribution in [2.45, 2.75) is 6.61 Å². The Bertz CT molecular complexity index is 809. The van der Waals surface area contributed by atoms with Crippen molar-refractivity contribution >= 4 is 17.6 Å². The molecule has 0 aliphatic carbocycles. The molecule has 1 aromatic heterocycles. The third kappa shape index (κ3) is 3.70. The molecule has 0 unspecified atom stereocenters. The first-order valence-corrected chi connectivity index (χ1v) is 7.17. The second-order valence-electron chi connectivity index (χ2n) is 4.81. The van der Waals surface area contributed by atoms with Gasteiger partial charge in [-0.25, -0.2) is 4.79 Å². The molecule has 3 rings (SSSR count). The largest absolute Gasteiger partial charge is 0.508 e. The third-order valence-corrected chi connectivity index (χ3v) is 3.40. The minimum Gasteiger partial charge on any atom is -0.508 e. The van der Waals surface area contributed by atoms with Crippen LogP contribution in [-0.2, 0) is 11.3 Å². The van der Waals surface area contributed by atoms with E-state index in [2.05, 4.69) is 5.16 Å². The molecule has 0 atom stereocenters. The highest BCUT2D eigenvalue weighted by Gasteiger charge is 2.11. The molecule has 0 fully saturated rings. The van der Waals surface area contributed by atoms with Gasteiger partial charge in [0.2, 0.25) is 0 Å². The Morgan fingerprint density at radius 3 is 2.52 bits per heavy atom. The monoisotopic (exact) mass is 329 g/mol. The van der Waals surface area contributed by atoms with Gasteiger partial charge in [-0.05, 0) is 36.4 Å². The molecule has 0 saturated heterocycles. The number of hydrogen-bond donors (Lipinski definition) is 1. The molecule has 0 aliphatic rings. The molecule has 0 radical (unpaired) electrons. The van der Waals surface area contributed by atoms with Gasteiger partial charge in [-0.2, -0.15) is 0 Å². The number of aromatic nitrogens is 1. The number of rotatable bonds is 4. The Labute approximate surface area is 137 Å². The first-order valence-electron chi connectivity index (χ1n) is 6.79. The van der Waals surface area contributed by atoms with Gasteiger partial charge in [0, 0.05) is 16.7 Å². The van der Waals surface area contributed by atoms with E-state index < -0.39 is 5.97 Å². The number of carbonyl (C=O) groups excluding carboxylic acids is 1. The van der Waals surface area contributed by atoms with Crippen LogP contribution in [0.2, 0.25) is 5.02 Å². The number of phenols is 1. The molecule has 1 N–H and O–H groups in total. The molecule has 6 heteroatoms. The summed E-state index contributed by atoms with van der Waals surface area (Å²) < 4.78 is 10.3. The van der Waals surface area contributed by atoms with Crippen molar-refractivity contribution in [2.24, 2.45) is 0 Å². The van der Waals surface area contributed by atoms with E-state index in [0.29, 0.717) is 22.0 Å². The second kappa shape index (κ2) is 6.54. The van der Waals surface area contributed by atoms with Crippen molar-refractivity contribution in [1.82, 2.24) is 5.16 Å². The lowest BCUT2D eigenvalue weighted by atomic mass is 10.1. The number of halogens is 1. The van der Waals surface area contributed by atoms with Gasteiger partial charge in [0.25, 0.3) is 0 Å². The lowest BCUT2D eigenvalue weighted by Gasteiger charge is -2.02. The van der Waals surface area contributed by atoms with E-state index >= 15 is 0 Å². The standard InChI is InChI=1S/C17H12ClNO4/c18-13-5-1-11(2-6-13)16-9-15(23-19-16)10-22-17(21)12-3-7-14(20)8-4-12/h1-9,20H,10H2. The number of ether oxygens (including phenoxy) is 1. The van der Waals surface area contributed by atoms with Gasteiger partial charge >= 0.3 is 5.97 Å². The number of phenolic OH excluding ortho intramolecular Hbond substituents is 1. The average Bonchev–Trinajstić information content (AvgIpc) is 3.03. The number of nitrogens with zero attached hydrogens (tertiary/aromatic N) is 1. The van der Waals surface area contributed by atoms with Crippen molar-refractivity contribution in [3.05, 3.63) is 70.9 Å². The summed E-state index contributed by atoms with van der Waals surface area (Å²) in [5.41, 5.74) is 1.84. The smallest absolute Gasteiger partial charge is 0.338 e. The first kappa shape index (κ1) is 15.1. The molecule has 23 heavy (non-hydrogen) atoms. The summed E-state index contributed by atoms with van der Waals surface area (Å²) in [5.74, 6) is 0.0147. The van der Waals surface area contributed by atoms with E-state index in [1.807, 2.05) is 12.1 Å². The maximum absolute atomic E-state index is 11.9. The highest BCUT2D eigenvalue weighted by Crippen LogP contribution is 2.21. The number of hydrogen-bond acceptors (Lipinski definition) is 5. The molecule has 116 valence electrons. The summed E-state index contributed by atoms with van der Waals surface area (Å²) in [4.78, 5) is 11.9. The Balaban J connectivity index is 1.64. The minimum absolute atomic E-state index is 0.0275. The quantitative estimate of drug-likeness (QED) is 0.731. The molecule has 2 aromatic carbocycles. The molecule has 0 spiro atoms. The molecule has 3 aromatic rings.